The van der Waals surface area contributed by atoms with Gasteiger partial charge >= 0.3 is 5.69 Å². The average molecular weight is 311 g/mol. The molecular formula is C13H5ClF2N2O3. The summed E-state index contributed by atoms with van der Waals surface area (Å²) in [7, 11) is 0. The number of rotatable bonds is 3. The quantitative estimate of drug-likeness (QED) is 0.629. The van der Waals surface area contributed by atoms with E-state index in [4.69, 9.17) is 21.6 Å². The fourth-order valence-corrected chi connectivity index (χ4v) is 1.73. The first-order valence-corrected chi connectivity index (χ1v) is 5.81. The fraction of sp³-hybridized carbons (Fsp3) is 0. The van der Waals surface area contributed by atoms with E-state index >= 15 is 0 Å². The third-order valence-corrected chi connectivity index (χ3v) is 2.80. The minimum Gasteiger partial charge on any atom is -0.454 e. The summed E-state index contributed by atoms with van der Waals surface area (Å²) >= 11 is 5.77. The van der Waals surface area contributed by atoms with Gasteiger partial charge in [0.1, 0.15) is 11.8 Å². The number of nitrogens with zero attached hydrogens (tertiary/aromatic N) is 2. The van der Waals surface area contributed by atoms with E-state index in [1.165, 1.54) is 18.2 Å². The van der Waals surface area contributed by atoms with E-state index in [2.05, 4.69) is 0 Å². The maximum Gasteiger partial charge on any atom is 0.307 e. The molecule has 0 aliphatic rings. The van der Waals surface area contributed by atoms with E-state index in [0.717, 1.165) is 0 Å². The summed E-state index contributed by atoms with van der Waals surface area (Å²) in [5.74, 6) is -2.79. The van der Waals surface area contributed by atoms with Crippen LogP contribution in [0.1, 0.15) is 5.56 Å². The van der Waals surface area contributed by atoms with Gasteiger partial charge in [0.25, 0.3) is 0 Å². The standard InChI is InChI=1S/C13H5ClF2N2O3/c14-9-3-8(2-1-7(9)6-17)21-13-5-10(15)12(18(19)20)4-11(13)16/h1-5H. The Morgan fingerprint density at radius 2 is 1.95 bits per heavy atom. The van der Waals surface area contributed by atoms with Gasteiger partial charge in [-0.1, -0.05) is 11.6 Å². The Labute approximate surface area is 122 Å². The molecule has 0 bridgehead atoms. The second-order valence-corrected chi connectivity index (χ2v) is 4.25. The van der Waals surface area contributed by atoms with Gasteiger partial charge in [0.05, 0.1) is 21.6 Å². The van der Waals surface area contributed by atoms with Crippen LogP contribution in [0.5, 0.6) is 11.5 Å². The van der Waals surface area contributed by atoms with E-state index in [-0.39, 0.29) is 16.3 Å². The molecule has 21 heavy (non-hydrogen) atoms. The molecule has 0 radical (unpaired) electrons. The van der Waals surface area contributed by atoms with Gasteiger partial charge < -0.3 is 4.74 Å². The fourth-order valence-electron chi connectivity index (χ4n) is 1.51. The molecule has 0 N–H and O–H groups in total. The molecule has 8 heteroatoms. The molecule has 0 spiro atoms. The van der Waals surface area contributed by atoms with Gasteiger partial charge in [-0.3, -0.25) is 10.1 Å². The lowest BCUT2D eigenvalue weighted by Gasteiger charge is -2.08. The Kier molecular flexibility index (Phi) is 4.00. The third-order valence-electron chi connectivity index (χ3n) is 2.49. The second-order valence-electron chi connectivity index (χ2n) is 3.85. The van der Waals surface area contributed by atoms with Crippen LogP contribution in [0, 0.1) is 33.1 Å². The highest BCUT2D eigenvalue weighted by Gasteiger charge is 2.19. The van der Waals surface area contributed by atoms with Crippen LogP contribution in [0.3, 0.4) is 0 Å². The molecule has 0 aliphatic heterocycles. The van der Waals surface area contributed by atoms with Gasteiger partial charge in [0.2, 0.25) is 5.82 Å². The molecule has 0 fully saturated rings. The molecule has 0 unspecified atom stereocenters. The Morgan fingerprint density at radius 1 is 1.24 bits per heavy atom. The lowest BCUT2D eigenvalue weighted by Crippen LogP contribution is -1.96. The van der Waals surface area contributed by atoms with Crippen LogP contribution in [-0.2, 0) is 0 Å². The highest BCUT2D eigenvalue weighted by atomic mass is 35.5. The zero-order chi connectivity index (χ0) is 15.6. The smallest absolute Gasteiger partial charge is 0.307 e. The largest absolute Gasteiger partial charge is 0.454 e. The zero-order valence-electron chi connectivity index (χ0n) is 10.1. The van der Waals surface area contributed by atoms with Crippen molar-refractivity contribution >= 4 is 17.3 Å². The first-order valence-electron chi connectivity index (χ1n) is 5.43. The van der Waals surface area contributed by atoms with Crippen LogP contribution in [-0.4, -0.2) is 4.92 Å². The van der Waals surface area contributed by atoms with Gasteiger partial charge in [0, 0.05) is 12.1 Å². The minimum absolute atomic E-state index is 0.0613. The summed E-state index contributed by atoms with van der Waals surface area (Å²) in [5.41, 5.74) is -0.794. The summed E-state index contributed by atoms with van der Waals surface area (Å²) in [4.78, 5) is 9.43. The van der Waals surface area contributed by atoms with Crippen molar-refractivity contribution in [2.75, 3.05) is 0 Å². The number of hydrogen-bond acceptors (Lipinski definition) is 4. The summed E-state index contributed by atoms with van der Waals surface area (Å²) in [6.45, 7) is 0. The predicted molar refractivity (Wildman–Crippen MR) is 69.3 cm³/mol. The molecule has 2 aromatic carbocycles. The molecule has 0 saturated heterocycles. The topological polar surface area (TPSA) is 76.2 Å². The molecule has 0 saturated carbocycles. The number of halogens is 3. The highest BCUT2D eigenvalue weighted by molar-refractivity contribution is 6.31. The van der Waals surface area contributed by atoms with Crippen LogP contribution in [0.15, 0.2) is 30.3 Å². The molecule has 0 atom stereocenters. The summed E-state index contributed by atoms with van der Waals surface area (Å²) in [5, 5.41) is 19.3. The molecule has 0 heterocycles. The normalized spacial score (nSPS) is 10.0. The minimum atomic E-state index is -1.23. The maximum atomic E-state index is 13.6. The van der Waals surface area contributed by atoms with Gasteiger partial charge in [-0.2, -0.15) is 9.65 Å². The molecule has 0 aliphatic carbocycles. The summed E-state index contributed by atoms with van der Waals surface area (Å²) in [6.07, 6.45) is 0. The Hall–Kier alpha value is -2.72. The van der Waals surface area contributed by atoms with E-state index in [9.17, 15) is 18.9 Å². The highest BCUT2D eigenvalue weighted by Crippen LogP contribution is 2.31. The second kappa shape index (κ2) is 5.73. The number of nitro benzene ring substituents is 1. The number of hydrogen-bond donors (Lipinski definition) is 0. The van der Waals surface area contributed by atoms with Crippen molar-refractivity contribution < 1.29 is 18.4 Å². The SMILES string of the molecule is N#Cc1ccc(Oc2cc(F)c([N+](=O)[O-])cc2F)cc1Cl. The van der Waals surface area contributed by atoms with E-state index in [0.29, 0.717) is 12.1 Å². The predicted octanol–water partition coefficient (Wildman–Crippen LogP) is 4.19. The van der Waals surface area contributed by atoms with Gasteiger partial charge in [-0.15, -0.1) is 0 Å². The molecule has 0 aromatic heterocycles. The molecule has 0 amide bonds. The Balaban J connectivity index is 2.36. The Bertz CT molecular complexity index is 775. The van der Waals surface area contributed by atoms with Crippen LogP contribution in [0.25, 0.3) is 0 Å². The monoisotopic (exact) mass is 310 g/mol. The maximum absolute atomic E-state index is 13.6. The molecule has 2 aromatic rings. The van der Waals surface area contributed by atoms with E-state index in [1.807, 2.05) is 6.07 Å². The van der Waals surface area contributed by atoms with Crippen LogP contribution < -0.4 is 4.74 Å². The lowest BCUT2D eigenvalue weighted by atomic mass is 10.2. The number of benzene rings is 2. The van der Waals surface area contributed by atoms with Gasteiger partial charge in [-0.05, 0) is 12.1 Å². The van der Waals surface area contributed by atoms with Gasteiger partial charge in [0.15, 0.2) is 11.6 Å². The summed E-state index contributed by atoms with van der Waals surface area (Å²) in [6, 6.07) is 6.76. The first kappa shape index (κ1) is 14.7. The molecular weight excluding hydrogens is 306 g/mol. The van der Waals surface area contributed by atoms with Crippen molar-refractivity contribution in [2.45, 2.75) is 0 Å². The van der Waals surface area contributed by atoms with E-state index in [1.54, 1.807) is 0 Å². The average Bonchev–Trinajstić information content (AvgIpc) is 2.42. The van der Waals surface area contributed by atoms with Crippen LogP contribution in [0.4, 0.5) is 14.5 Å². The summed E-state index contributed by atoms with van der Waals surface area (Å²) < 4.78 is 32.1. The van der Waals surface area contributed by atoms with Crippen molar-refractivity contribution in [1.29, 1.82) is 5.26 Å². The van der Waals surface area contributed by atoms with Crippen LogP contribution in [0.2, 0.25) is 5.02 Å². The van der Waals surface area contributed by atoms with Crippen molar-refractivity contribution in [1.82, 2.24) is 0 Å². The number of ether oxygens (including phenoxy) is 1. The van der Waals surface area contributed by atoms with Crippen LogP contribution >= 0.6 is 11.6 Å². The molecule has 5 nitrogen and oxygen atoms in total. The van der Waals surface area contributed by atoms with Gasteiger partial charge in [-0.25, -0.2) is 4.39 Å². The zero-order valence-corrected chi connectivity index (χ0v) is 10.9. The lowest BCUT2D eigenvalue weighted by molar-refractivity contribution is -0.387. The number of nitriles is 1. The van der Waals surface area contributed by atoms with E-state index < -0.39 is 28.0 Å². The molecule has 2 rings (SSSR count). The van der Waals surface area contributed by atoms with Crippen molar-refractivity contribution in [3.8, 4) is 17.6 Å². The van der Waals surface area contributed by atoms with Crippen molar-refractivity contribution in [2.24, 2.45) is 0 Å². The van der Waals surface area contributed by atoms with Crippen molar-refractivity contribution in [3.63, 3.8) is 0 Å². The van der Waals surface area contributed by atoms with Crippen molar-refractivity contribution in [3.05, 3.63) is 62.7 Å². The third kappa shape index (κ3) is 3.07. The molecule has 106 valence electrons. The first-order chi connectivity index (χ1) is 9.92. The Morgan fingerprint density at radius 3 is 2.52 bits per heavy atom. The number of nitro groups is 1.